The summed E-state index contributed by atoms with van der Waals surface area (Å²) < 4.78 is 39.4. The largest absolute Gasteiger partial charge is 0.478 e. The molecule has 202 valence electrons. The number of anilines is 2. The van der Waals surface area contributed by atoms with Crippen molar-refractivity contribution in [2.75, 3.05) is 23.9 Å². The number of carboxylic acid groups (broad SMARTS) is 1. The van der Waals surface area contributed by atoms with Crippen molar-refractivity contribution < 1.29 is 24.8 Å². The molecule has 1 amide bonds. The highest BCUT2D eigenvalue weighted by Crippen LogP contribution is 2.49. The summed E-state index contributed by atoms with van der Waals surface area (Å²) in [6, 6.07) is 16.0. The molecule has 5 nitrogen and oxygen atoms in total. The molecule has 2 aliphatic rings. The minimum atomic E-state index is -1.46. The molecule has 39 heavy (non-hydrogen) atoms. The second-order valence-electron chi connectivity index (χ2n) is 10.7. The molecule has 7 heteroatoms. The molecule has 0 heterocycles. The van der Waals surface area contributed by atoms with E-state index in [0.29, 0.717) is 17.9 Å². The van der Waals surface area contributed by atoms with Gasteiger partial charge in [0.2, 0.25) is 5.91 Å². The summed E-state index contributed by atoms with van der Waals surface area (Å²) in [7, 11) is 3.87. The van der Waals surface area contributed by atoms with Gasteiger partial charge in [-0.05, 0) is 90.3 Å². The van der Waals surface area contributed by atoms with E-state index < -0.39 is 24.1 Å². The van der Waals surface area contributed by atoms with Gasteiger partial charge in [0, 0.05) is 43.0 Å². The van der Waals surface area contributed by atoms with Gasteiger partial charge in [-0.25, -0.2) is 13.6 Å². The van der Waals surface area contributed by atoms with Gasteiger partial charge in [0.05, 0.1) is 7.89 Å². The topological polar surface area (TPSA) is 60.9 Å². The maximum Gasteiger partial charge on any atom is 0.328 e. The Kier molecular flexibility index (Phi) is 7.14. The molecule has 0 saturated heterocycles. The van der Waals surface area contributed by atoms with Crippen LogP contribution >= 0.6 is 0 Å². The van der Waals surface area contributed by atoms with Gasteiger partial charge >= 0.3 is 5.97 Å². The van der Waals surface area contributed by atoms with Crippen molar-refractivity contribution in [3.63, 3.8) is 0 Å². The van der Waals surface area contributed by atoms with E-state index in [9.17, 15) is 14.0 Å². The Labute approximate surface area is 228 Å². The van der Waals surface area contributed by atoms with Crippen molar-refractivity contribution in [1.29, 1.82) is 0 Å². The quantitative estimate of drug-likeness (QED) is 0.326. The molecular formula is C32H32F2N2O3. The predicted molar refractivity (Wildman–Crippen MR) is 149 cm³/mol. The molecule has 0 aromatic heterocycles. The molecule has 2 bridgehead atoms. The second-order valence-corrected chi connectivity index (χ2v) is 10.7. The minimum Gasteiger partial charge on any atom is -0.478 e. The normalized spacial score (nSPS) is 21.1. The van der Waals surface area contributed by atoms with Gasteiger partial charge in [0.15, 0.2) is 0 Å². The molecule has 0 unspecified atom stereocenters. The van der Waals surface area contributed by atoms with Gasteiger partial charge in [0.1, 0.15) is 11.6 Å². The van der Waals surface area contributed by atoms with E-state index in [-0.39, 0.29) is 34.6 Å². The minimum absolute atomic E-state index is 0.00272. The molecule has 5 rings (SSSR count). The van der Waals surface area contributed by atoms with Crippen LogP contribution in [0.5, 0.6) is 0 Å². The molecule has 4 atom stereocenters. The lowest BCUT2D eigenvalue weighted by atomic mass is 9.87. The van der Waals surface area contributed by atoms with Gasteiger partial charge in [-0.3, -0.25) is 4.79 Å². The molecule has 2 aliphatic carbocycles. The first kappa shape index (κ1) is 25.3. The van der Waals surface area contributed by atoms with Gasteiger partial charge in [-0.1, -0.05) is 30.7 Å². The molecule has 3 aromatic rings. The van der Waals surface area contributed by atoms with Crippen molar-refractivity contribution >= 4 is 29.3 Å². The average Bonchev–Trinajstić information content (AvgIpc) is 3.56. The fourth-order valence-electron chi connectivity index (χ4n) is 5.89. The maximum absolute atomic E-state index is 15.6. The molecule has 2 fully saturated rings. The number of nitrogens with zero attached hydrogens (tertiary/aromatic N) is 2. The Morgan fingerprint density at radius 3 is 2.33 bits per heavy atom. The summed E-state index contributed by atoms with van der Waals surface area (Å²) in [5, 5.41) is 9.01. The van der Waals surface area contributed by atoms with Crippen LogP contribution in [0.25, 0.3) is 17.2 Å². The van der Waals surface area contributed by atoms with Crippen LogP contribution in [0.2, 0.25) is 0 Å². The smallest absolute Gasteiger partial charge is 0.328 e. The number of benzene rings is 3. The third kappa shape index (κ3) is 5.87. The summed E-state index contributed by atoms with van der Waals surface area (Å²) in [5.41, 5.74) is 2.78. The molecule has 0 radical (unpaired) electrons. The zero-order valence-electron chi connectivity index (χ0n) is 23.0. The van der Waals surface area contributed by atoms with E-state index in [0.717, 1.165) is 48.7 Å². The Morgan fingerprint density at radius 1 is 0.974 bits per heavy atom. The number of hydrogen-bond donors (Lipinski definition) is 1. The first-order chi connectivity index (χ1) is 19.1. The Morgan fingerprint density at radius 2 is 1.72 bits per heavy atom. The van der Waals surface area contributed by atoms with E-state index in [1.165, 1.54) is 29.2 Å². The number of fused-ring (bicyclic) bond motifs is 2. The first-order valence-corrected chi connectivity index (χ1v) is 13.1. The van der Waals surface area contributed by atoms with E-state index >= 15 is 4.39 Å². The van der Waals surface area contributed by atoms with E-state index in [2.05, 4.69) is 0 Å². The molecule has 0 aliphatic heterocycles. The number of aliphatic carboxylic acids is 1. The van der Waals surface area contributed by atoms with Crippen LogP contribution < -0.4 is 9.80 Å². The van der Waals surface area contributed by atoms with Crippen molar-refractivity contribution in [2.45, 2.75) is 32.2 Å². The average molecular weight is 532 g/mol. The zero-order valence-corrected chi connectivity index (χ0v) is 22.0. The van der Waals surface area contributed by atoms with Crippen LogP contribution in [0.3, 0.4) is 0 Å². The van der Waals surface area contributed by atoms with Crippen molar-refractivity contribution in [2.24, 2.45) is 17.8 Å². The van der Waals surface area contributed by atoms with Gasteiger partial charge < -0.3 is 14.9 Å². The Balaban J connectivity index is 1.51. The molecular weight excluding hydrogens is 498 g/mol. The second kappa shape index (κ2) is 11.0. The standard InChI is InChI=1S/C32H32F2N2O3/c1-35(2)27-10-8-22(9-11-27)23-6-7-25(30(34)17-23)19-36(32(39)29-16-20-3-5-24(29)13-20)28-15-21(4-12-31(37)38)14-26(33)18-28/h4,6-12,14-15,17-18,20,24,29H,3,5,13,16,19H2,1-2H3,(H,37,38)/b12-4+/t20-,24+,29-/m1/s1/i19D/t19-,20+,24-,29+/m0. The monoisotopic (exact) mass is 531 g/mol. The fourth-order valence-corrected chi connectivity index (χ4v) is 5.89. The summed E-state index contributed by atoms with van der Waals surface area (Å²) in [6.07, 6.45) is 5.78. The third-order valence-electron chi connectivity index (χ3n) is 7.88. The molecule has 1 N–H and O–H groups in total. The highest BCUT2D eigenvalue weighted by Gasteiger charge is 2.44. The summed E-state index contributed by atoms with van der Waals surface area (Å²) in [6.45, 7) is -1.46. The number of hydrogen-bond acceptors (Lipinski definition) is 3. The predicted octanol–water partition coefficient (Wildman–Crippen LogP) is 6.77. The number of carboxylic acids is 1. The number of amides is 1. The lowest BCUT2D eigenvalue weighted by Crippen LogP contribution is -2.38. The summed E-state index contributed by atoms with van der Waals surface area (Å²) in [4.78, 5) is 28.1. The molecule has 3 aromatic carbocycles. The highest BCUT2D eigenvalue weighted by molar-refractivity contribution is 5.96. The van der Waals surface area contributed by atoms with Crippen molar-refractivity contribution in [3.8, 4) is 11.1 Å². The van der Waals surface area contributed by atoms with Crippen LogP contribution in [0.15, 0.2) is 66.7 Å². The van der Waals surface area contributed by atoms with E-state index in [1.54, 1.807) is 6.07 Å². The first-order valence-electron chi connectivity index (χ1n) is 13.7. The Bertz CT molecular complexity index is 1460. The lowest BCUT2D eigenvalue weighted by Gasteiger charge is -2.30. The zero-order chi connectivity index (χ0) is 28.6. The van der Waals surface area contributed by atoms with Crippen molar-refractivity contribution in [3.05, 3.63) is 89.5 Å². The third-order valence-corrected chi connectivity index (χ3v) is 7.88. The van der Waals surface area contributed by atoms with Crippen LogP contribution in [-0.2, 0) is 16.1 Å². The number of carbonyl (C=O) groups excluding carboxylic acids is 1. The molecule has 0 spiro atoms. The van der Waals surface area contributed by atoms with Crippen LogP contribution in [0.1, 0.15) is 38.2 Å². The Hall–Kier alpha value is -4.00. The van der Waals surface area contributed by atoms with Gasteiger partial charge in [-0.2, -0.15) is 0 Å². The number of carbonyl (C=O) groups is 2. The fraction of sp³-hybridized carbons (Fsp3) is 0.312. The van der Waals surface area contributed by atoms with Crippen LogP contribution in [0.4, 0.5) is 20.2 Å². The van der Waals surface area contributed by atoms with E-state index in [1.807, 2.05) is 43.3 Å². The molecule has 2 saturated carbocycles. The summed E-state index contributed by atoms with van der Waals surface area (Å²) in [5.74, 6) is -2.50. The number of halogens is 2. The highest BCUT2D eigenvalue weighted by atomic mass is 19.1. The van der Waals surface area contributed by atoms with Gasteiger partial charge in [-0.15, -0.1) is 0 Å². The number of rotatable bonds is 8. The van der Waals surface area contributed by atoms with Crippen LogP contribution in [-0.4, -0.2) is 31.1 Å². The van der Waals surface area contributed by atoms with E-state index in [4.69, 9.17) is 6.48 Å². The maximum atomic E-state index is 15.6. The lowest BCUT2D eigenvalue weighted by molar-refractivity contribution is -0.131. The summed E-state index contributed by atoms with van der Waals surface area (Å²) >= 11 is 0. The van der Waals surface area contributed by atoms with Crippen LogP contribution in [0, 0.1) is 29.4 Å². The van der Waals surface area contributed by atoms with Gasteiger partial charge in [0.25, 0.3) is 0 Å². The SMILES string of the molecule is [2H][C@@H](c1ccc(-c2ccc(N(C)C)cc2)cc1F)N(C(=O)[C@@H]1C[C@@H]2CC[C@H]1C2)c1cc(F)cc(/C=C/C(=O)O)c1. The van der Waals surface area contributed by atoms with Crippen molar-refractivity contribution in [1.82, 2.24) is 0 Å².